The normalized spacial score (nSPS) is 19.8. The molecule has 0 saturated heterocycles. The molecular weight excluding hydrogens is 275 g/mol. The van der Waals surface area contributed by atoms with Gasteiger partial charge in [-0.05, 0) is 38.3 Å². The number of hydrogen-bond acceptors (Lipinski definition) is 4. The summed E-state index contributed by atoms with van der Waals surface area (Å²) in [6.07, 6.45) is 1.01. The maximum atomic E-state index is 13.7. The average molecular weight is 292 g/mol. The van der Waals surface area contributed by atoms with Crippen molar-refractivity contribution >= 4 is 11.9 Å². The molecule has 21 heavy (non-hydrogen) atoms. The van der Waals surface area contributed by atoms with Gasteiger partial charge in [-0.15, -0.1) is 0 Å². The highest BCUT2D eigenvalue weighted by molar-refractivity contribution is 5.88. The SMILES string of the molecule is C=C(C)C(=O)OCC(=O)OC1(C)CCc2c(F)cccc21. The second-order valence-electron chi connectivity index (χ2n) is 5.33. The highest BCUT2D eigenvalue weighted by Crippen LogP contribution is 2.40. The number of carbonyl (C=O) groups excluding carboxylic acids is 2. The van der Waals surface area contributed by atoms with Crippen LogP contribution in [0.25, 0.3) is 0 Å². The summed E-state index contributed by atoms with van der Waals surface area (Å²) in [6, 6.07) is 4.73. The van der Waals surface area contributed by atoms with Crippen molar-refractivity contribution in [2.75, 3.05) is 6.61 Å². The van der Waals surface area contributed by atoms with Crippen molar-refractivity contribution in [3.8, 4) is 0 Å². The molecule has 0 radical (unpaired) electrons. The van der Waals surface area contributed by atoms with Gasteiger partial charge in [-0.25, -0.2) is 14.0 Å². The van der Waals surface area contributed by atoms with E-state index in [9.17, 15) is 14.0 Å². The summed E-state index contributed by atoms with van der Waals surface area (Å²) >= 11 is 0. The summed E-state index contributed by atoms with van der Waals surface area (Å²) in [4.78, 5) is 23.0. The van der Waals surface area contributed by atoms with Gasteiger partial charge in [0.15, 0.2) is 6.61 Å². The summed E-state index contributed by atoms with van der Waals surface area (Å²) in [5.41, 5.74) is 0.570. The molecule has 0 bridgehead atoms. The van der Waals surface area contributed by atoms with Gasteiger partial charge in [0.05, 0.1) is 0 Å². The number of halogens is 1. The van der Waals surface area contributed by atoms with Gasteiger partial charge in [-0.3, -0.25) is 0 Å². The number of hydrogen-bond donors (Lipinski definition) is 0. The van der Waals surface area contributed by atoms with Crippen molar-refractivity contribution in [1.82, 2.24) is 0 Å². The zero-order chi connectivity index (χ0) is 15.6. The van der Waals surface area contributed by atoms with E-state index >= 15 is 0 Å². The summed E-state index contributed by atoms with van der Waals surface area (Å²) in [7, 11) is 0. The predicted molar refractivity (Wildman–Crippen MR) is 73.9 cm³/mol. The minimum Gasteiger partial charge on any atom is -0.452 e. The van der Waals surface area contributed by atoms with Crippen LogP contribution in [0.3, 0.4) is 0 Å². The van der Waals surface area contributed by atoms with Crippen molar-refractivity contribution in [2.45, 2.75) is 32.3 Å². The van der Waals surface area contributed by atoms with E-state index in [2.05, 4.69) is 6.58 Å². The molecule has 112 valence electrons. The lowest BCUT2D eigenvalue weighted by Crippen LogP contribution is -2.29. The molecule has 0 heterocycles. The molecule has 5 heteroatoms. The van der Waals surface area contributed by atoms with E-state index < -0.39 is 24.1 Å². The Bertz CT molecular complexity index is 608. The van der Waals surface area contributed by atoms with Crippen LogP contribution in [0.15, 0.2) is 30.4 Å². The topological polar surface area (TPSA) is 52.6 Å². The Hall–Kier alpha value is -2.17. The number of ether oxygens (including phenoxy) is 2. The van der Waals surface area contributed by atoms with Gasteiger partial charge < -0.3 is 9.47 Å². The Morgan fingerprint density at radius 3 is 2.81 bits per heavy atom. The van der Waals surface area contributed by atoms with Gasteiger partial charge in [-0.1, -0.05) is 18.7 Å². The van der Waals surface area contributed by atoms with E-state index in [0.29, 0.717) is 24.0 Å². The highest BCUT2D eigenvalue weighted by Gasteiger charge is 2.39. The highest BCUT2D eigenvalue weighted by atomic mass is 19.1. The lowest BCUT2D eigenvalue weighted by Gasteiger charge is -2.25. The maximum absolute atomic E-state index is 13.7. The Balaban J connectivity index is 2.04. The molecule has 0 spiro atoms. The molecule has 1 aromatic carbocycles. The molecule has 0 saturated carbocycles. The molecule has 1 aromatic rings. The Morgan fingerprint density at radius 2 is 2.14 bits per heavy atom. The molecule has 2 rings (SSSR count). The predicted octanol–water partition coefficient (Wildman–Crippen LogP) is 2.65. The number of carbonyl (C=O) groups is 2. The fourth-order valence-electron chi connectivity index (χ4n) is 2.44. The minimum absolute atomic E-state index is 0.210. The van der Waals surface area contributed by atoms with Crippen LogP contribution in [0.5, 0.6) is 0 Å². The first-order chi connectivity index (χ1) is 9.83. The summed E-state index contributed by atoms with van der Waals surface area (Å²) < 4.78 is 23.8. The number of rotatable bonds is 4. The van der Waals surface area contributed by atoms with E-state index in [4.69, 9.17) is 9.47 Å². The van der Waals surface area contributed by atoms with Crippen molar-refractivity contribution in [1.29, 1.82) is 0 Å². The third kappa shape index (κ3) is 3.12. The zero-order valence-electron chi connectivity index (χ0n) is 12.1. The third-order valence-corrected chi connectivity index (χ3v) is 3.55. The molecule has 1 aliphatic rings. The van der Waals surface area contributed by atoms with Crippen molar-refractivity contribution in [3.05, 3.63) is 47.3 Å². The number of fused-ring (bicyclic) bond motifs is 1. The quantitative estimate of drug-likeness (QED) is 0.632. The van der Waals surface area contributed by atoms with Crippen molar-refractivity contribution in [3.63, 3.8) is 0 Å². The fraction of sp³-hybridized carbons (Fsp3) is 0.375. The van der Waals surface area contributed by atoms with E-state index in [0.717, 1.165) is 0 Å². The zero-order valence-corrected chi connectivity index (χ0v) is 12.1. The van der Waals surface area contributed by atoms with Crippen LogP contribution in [-0.2, 0) is 31.1 Å². The molecule has 0 aliphatic heterocycles. The summed E-state index contributed by atoms with van der Waals surface area (Å²) in [5, 5.41) is 0. The van der Waals surface area contributed by atoms with E-state index in [1.54, 1.807) is 19.1 Å². The Morgan fingerprint density at radius 1 is 1.43 bits per heavy atom. The molecule has 0 amide bonds. The van der Waals surface area contributed by atoms with E-state index in [1.807, 2.05) is 0 Å². The van der Waals surface area contributed by atoms with Crippen LogP contribution in [0.1, 0.15) is 31.4 Å². The van der Waals surface area contributed by atoms with Crippen molar-refractivity contribution < 1.29 is 23.5 Å². The van der Waals surface area contributed by atoms with E-state index in [-0.39, 0.29) is 11.4 Å². The molecule has 4 nitrogen and oxygen atoms in total. The monoisotopic (exact) mass is 292 g/mol. The van der Waals surface area contributed by atoms with Crippen LogP contribution in [0, 0.1) is 5.82 Å². The first kappa shape index (κ1) is 15.2. The third-order valence-electron chi connectivity index (χ3n) is 3.55. The summed E-state index contributed by atoms with van der Waals surface area (Å²) in [5.74, 6) is -1.60. The molecule has 0 N–H and O–H groups in total. The van der Waals surface area contributed by atoms with Gasteiger partial charge in [0, 0.05) is 11.1 Å². The number of esters is 2. The maximum Gasteiger partial charge on any atom is 0.345 e. The van der Waals surface area contributed by atoms with Crippen molar-refractivity contribution in [2.24, 2.45) is 0 Å². The molecule has 1 aliphatic carbocycles. The van der Waals surface area contributed by atoms with Crippen LogP contribution < -0.4 is 0 Å². The van der Waals surface area contributed by atoms with Gasteiger partial charge in [0.1, 0.15) is 11.4 Å². The lowest BCUT2D eigenvalue weighted by molar-refractivity contribution is -0.168. The average Bonchev–Trinajstić information content (AvgIpc) is 2.75. The first-order valence-corrected chi connectivity index (χ1v) is 6.66. The van der Waals surface area contributed by atoms with Gasteiger partial charge in [-0.2, -0.15) is 0 Å². The molecule has 0 aromatic heterocycles. The minimum atomic E-state index is -0.885. The largest absolute Gasteiger partial charge is 0.452 e. The Labute approximate surface area is 122 Å². The van der Waals surface area contributed by atoms with Gasteiger partial charge in [0.25, 0.3) is 0 Å². The molecule has 1 atom stereocenters. The van der Waals surface area contributed by atoms with Crippen LogP contribution in [0.4, 0.5) is 4.39 Å². The van der Waals surface area contributed by atoms with Crippen LogP contribution >= 0.6 is 0 Å². The van der Waals surface area contributed by atoms with Gasteiger partial charge in [0.2, 0.25) is 0 Å². The first-order valence-electron chi connectivity index (χ1n) is 6.66. The molecule has 1 unspecified atom stereocenters. The second-order valence-corrected chi connectivity index (χ2v) is 5.33. The standard InChI is InChI=1S/C16H17FO4/c1-10(2)15(19)20-9-14(18)21-16(3)8-7-11-12(16)5-4-6-13(11)17/h4-6H,1,7-9H2,2-3H3. The summed E-state index contributed by atoms with van der Waals surface area (Å²) in [6.45, 7) is 6.16. The Kier molecular flexibility index (Phi) is 4.11. The second kappa shape index (κ2) is 5.68. The van der Waals surface area contributed by atoms with Crippen LogP contribution in [0.2, 0.25) is 0 Å². The smallest absolute Gasteiger partial charge is 0.345 e. The molecule has 0 fully saturated rings. The van der Waals surface area contributed by atoms with Crippen LogP contribution in [-0.4, -0.2) is 18.5 Å². The van der Waals surface area contributed by atoms with Gasteiger partial charge >= 0.3 is 11.9 Å². The fourth-order valence-corrected chi connectivity index (χ4v) is 2.44. The van der Waals surface area contributed by atoms with E-state index in [1.165, 1.54) is 13.0 Å². The molecular formula is C16H17FO4. The number of benzene rings is 1. The lowest BCUT2D eigenvalue weighted by atomic mass is 9.98.